The predicted octanol–water partition coefficient (Wildman–Crippen LogP) is 11.8. The molecule has 3 aromatic heterocycles. The maximum absolute atomic E-state index is 8.80. The SMILES string of the molecule is [2H]C([2H])([2H])c1ccc(-c2[c-]cccc2)nc1.[2H]C([2H])(c1ccccc1)c1ccc2c(-c3nc4ccccc4n3-c3ccc(-c4ccccc4)cc3)[c-]sc2c1.[Ir]. The van der Waals surface area contributed by atoms with Gasteiger partial charge in [-0.1, -0.05) is 130 Å². The van der Waals surface area contributed by atoms with E-state index in [1.54, 1.807) is 18.2 Å². The number of pyridine rings is 1. The Balaban J connectivity index is 0.000000238. The maximum Gasteiger partial charge on any atom is 0.0774 e. The van der Waals surface area contributed by atoms with Crippen molar-refractivity contribution >= 4 is 32.5 Å². The van der Waals surface area contributed by atoms with E-state index >= 15 is 0 Å². The minimum Gasteiger partial charge on any atom is -0.333 e. The van der Waals surface area contributed by atoms with E-state index in [1.807, 2.05) is 91.0 Å². The van der Waals surface area contributed by atoms with Crippen LogP contribution in [0.4, 0.5) is 0 Å². The summed E-state index contributed by atoms with van der Waals surface area (Å²) in [6.45, 7) is -2.09. The van der Waals surface area contributed by atoms with E-state index in [0.717, 1.165) is 55.0 Å². The van der Waals surface area contributed by atoms with E-state index in [1.165, 1.54) is 23.1 Å². The fourth-order valence-electron chi connectivity index (χ4n) is 5.90. The second kappa shape index (κ2) is 15.6. The zero-order valence-corrected chi connectivity index (χ0v) is 30.5. The molecule has 5 heteroatoms. The molecule has 0 amide bonds. The first-order valence-corrected chi connectivity index (χ1v) is 17.1. The van der Waals surface area contributed by atoms with Crippen molar-refractivity contribution in [2.75, 3.05) is 0 Å². The predicted molar refractivity (Wildman–Crippen MR) is 209 cm³/mol. The van der Waals surface area contributed by atoms with Gasteiger partial charge in [0.2, 0.25) is 0 Å². The Morgan fingerprint density at radius 3 is 2.22 bits per heavy atom. The number of aromatic nitrogens is 3. The second-order valence-electron chi connectivity index (χ2n) is 11.7. The summed E-state index contributed by atoms with van der Waals surface area (Å²) in [4.78, 5) is 9.17. The van der Waals surface area contributed by atoms with E-state index in [-0.39, 0.29) is 25.7 Å². The van der Waals surface area contributed by atoms with Gasteiger partial charge in [0.05, 0.1) is 16.9 Å². The molecule has 0 N–H and O–H groups in total. The number of nitrogens with zero attached hydrogens (tertiary/aromatic N) is 3. The number of thiophene rings is 1. The van der Waals surface area contributed by atoms with E-state index in [9.17, 15) is 0 Å². The van der Waals surface area contributed by atoms with Crippen LogP contribution in [-0.4, -0.2) is 14.5 Å². The maximum atomic E-state index is 8.80. The summed E-state index contributed by atoms with van der Waals surface area (Å²) in [6, 6.07) is 56.1. The van der Waals surface area contributed by atoms with Crippen molar-refractivity contribution in [1.29, 1.82) is 0 Å². The molecule has 0 saturated carbocycles. The average Bonchev–Trinajstić information content (AvgIpc) is 3.83. The molecule has 1 radical (unpaired) electrons. The molecule has 9 rings (SSSR count). The van der Waals surface area contributed by atoms with Crippen molar-refractivity contribution in [3.8, 4) is 39.5 Å². The molecule has 0 saturated heterocycles. The standard InChI is InChI=1S/C34H23N2S.C12H10N.Ir/c1-3-9-24(10-4-1)21-25-15-20-29-30(23-37-33(29)22-25)34-35-31-13-7-8-14-32(31)36(34)28-18-16-27(17-19-28)26-11-5-2-6-12-26;1-10-7-8-12(13-9-10)11-5-3-2-4-6-11;/h1-20,22H,21H2;2-5,7-9H,1H3;/q2*-1;/i21D2;1D3;. The molecule has 249 valence electrons. The summed E-state index contributed by atoms with van der Waals surface area (Å²) in [6.07, 6.45) is -0.198. The molecule has 0 atom stereocenters. The summed E-state index contributed by atoms with van der Waals surface area (Å²) in [7, 11) is 0. The Bertz CT molecular complexity index is 2700. The Hall–Kier alpha value is -5.45. The fraction of sp³-hybridized carbons (Fsp3) is 0.0435. The van der Waals surface area contributed by atoms with Crippen LogP contribution < -0.4 is 0 Å². The van der Waals surface area contributed by atoms with Gasteiger partial charge >= 0.3 is 0 Å². The molecule has 0 aliphatic heterocycles. The minimum atomic E-state index is -2.09. The molecule has 3 heterocycles. The van der Waals surface area contributed by atoms with Gasteiger partial charge in [-0.3, -0.25) is 16.3 Å². The van der Waals surface area contributed by atoms with Crippen LogP contribution in [0.25, 0.3) is 60.6 Å². The van der Waals surface area contributed by atoms with E-state index in [2.05, 4.69) is 75.6 Å². The van der Waals surface area contributed by atoms with E-state index in [0.29, 0.717) is 11.1 Å². The molecule has 3 nitrogen and oxygen atoms in total. The fourth-order valence-corrected chi connectivity index (χ4v) is 6.78. The molecule has 0 bridgehead atoms. The smallest absolute Gasteiger partial charge is 0.0774 e. The molecule has 0 unspecified atom stereocenters. The van der Waals surface area contributed by atoms with Crippen molar-refractivity contribution in [2.24, 2.45) is 0 Å². The Labute approximate surface area is 323 Å². The number of benzene rings is 6. The molecule has 0 fully saturated rings. The van der Waals surface area contributed by atoms with Gasteiger partial charge in [-0.2, -0.15) is 0 Å². The third-order valence-corrected chi connectivity index (χ3v) is 9.21. The van der Waals surface area contributed by atoms with Gasteiger partial charge in [0.1, 0.15) is 0 Å². The van der Waals surface area contributed by atoms with Crippen LogP contribution in [0.2, 0.25) is 0 Å². The zero-order valence-electron chi connectivity index (χ0n) is 32.2. The Kier molecular flexibility index (Phi) is 8.66. The summed E-state index contributed by atoms with van der Waals surface area (Å²) in [5.41, 5.74) is 9.38. The van der Waals surface area contributed by atoms with Gasteiger partial charge in [0.15, 0.2) is 0 Å². The minimum absolute atomic E-state index is 0. The van der Waals surface area contributed by atoms with Crippen LogP contribution in [0.15, 0.2) is 170 Å². The van der Waals surface area contributed by atoms with E-state index in [4.69, 9.17) is 11.8 Å². The molecular formula is C46H33IrN3S-2. The topological polar surface area (TPSA) is 30.7 Å². The van der Waals surface area contributed by atoms with Crippen LogP contribution >= 0.6 is 11.3 Å². The molecule has 9 aromatic rings. The Morgan fingerprint density at radius 1 is 0.725 bits per heavy atom. The summed E-state index contributed by atoms with van der Waals surface area (Å²) in [5.74, 6) is 0.828. The van der Waals surface area contributed by atoms with Crippen LogP contribution in [0.3, 0.4) is 0 Å². The number of hydrogen-bond acceptors (Lipinski definition) is 3. The van der Waals surface area contributed by atoms with Crippen LogP contribution in [0, 0.1) is 18.3 Å². The van der Waals surface area contributed by atoms with Gasteiger partial charge in [0, 0.05) is 38.8 Å². The Morgan fingerprint density at radius 2 is 1.47 bits per heavy atom. The second-order valence-corrected chi connectivity index (χ2v) is 12.5. The normalized spacial score (nSPS) is 12.7. The number of rotatable bonds is 6. The van der Waals surface area contributed by atoms with Gasteiger partial charge in [-0.25, -0.2) is 0 Å². The third kappa shape index (κ3) is 7.52. The number of aryl methyl sites for hydroxylation is 1. The molecule has 0 aliphatic rings. The zero-order chi connectivity index (χ0) is 38.0. The number of fused-ring (bicyclic) bond motifs is 2. The number of hydrogen-bond donors (Lipinski definition) is 0. The first-order chi connectivity index (χ1) is 26.7. The van der Waals surface area contributed by atoms with Crippen molar-refractivity contribution < 1.29 is 27.0 Å². The summed E-state index contributed by atoms with van der Waals surface area (Å²) in [5, 5.41) is 4.51. The number of para-hydroxylation sites is 2. The third-order valence-electron chi connectivity index (χ3n) is 8.34. The van der Waals surface area contributed by atoms with Gasteiger partial charge in [-0.15, -0.1) is 47.3 Å². The average molecular weight is 857 g/mol. The first-order valence-electron chi connectivity index (χ1n) is 18.7. The van der Waals surface area contributed by atoms with Crippen molar-refractivity contribution in [2.45, 2.75) is 13.2 Å². The number of imidazole rings is 1. The molecular weight excluding hydrogens is 819 g/mol. The first kappa shape index (κ1) is 28.3. The van der Waals surface area contributed by atoms with E-state index < -0.39 is 13.2 Å². The van der Waals surface area contributed by atoms with Crippen LogP contribution in [0.1, 0.15) is 23.5 Å². The molecule has 51 heavy (non-hydrogen) atoms. The molecule has 0 spiro atoms. The summed E-state index contributed by atoms with van der Waals surface area (Å²) >= 11 is 1.50. The quantitative estimate of drug-likeness (QED) is 0.156. The van der Waals surface area contributed by atoms with Crippen LogP contribution in [0.5, 0.6) is 0 Å². The van der Waals surface area contributed by atoms with Crippen molar-refractivity contribution in [3.63, 3.8) is 0 Å². The van der Waals surface area contributed by atoms with Gasteiger partial charge in [0.25, 0.3) is 0 Å². The van der Waals surface area contributed by atoms with Crippen molar-refractivity contribution in [1.82, 2.24) is 14.5 Å². The van der Waals surface area contributed by atoms with Crippen LogP contribution in [-0.2, 0) is 26.5 Å². The van der Waals surface area contributed by atoms with Crippen molar-refractivity contribution in [3.05, 3.63) is 198 Å². The summed E-state index contributed by atoms with van der Waals surface area (Å²) < 4.78 is 42.5. The monoisotopic (exact) mass is 857 g/mol. The molecule has 6 aromatic carbocycles. The largest absolute Gasteiger partial charge is 0.333 e. The van der Waals surface area contributed by atoms with Gasteiger partial charge in [-0.05, 0) is 65.4 Å². The molecule has 0 aliphatic carbocycles. The van der Waals surface area contributed by atoms with Gasteiger partial charge < -0.3 is 9.55 Å².